The summed E-state index contributed by atoms with van der Waals surface area (Å²) in [5, 5.41) is 4.05. The van der Waals surface area contributed by atoms with Crippen LogP contribution in [0.1, 0.15) is 18.1 Å². The zero-order chi connectivity index (χ0) is 13.1. The Morgan fingerprint density at radius 2 is 1.56 bits per heavy atom. The molecule has 1 aliphatic heterocycles. The van der Waals surface area contributed by atoms with Crippen LogP contribution < -0.4 is 10.6 Å². The van der Waals surface area contributed by atoms with Crippen molar-refractivity contribution in [3.63, 3.8) is 0 Å². The number of benzene rings is 1. The van der Waals surface area contributed by atoms with Gasteiger partial charge >= 0.3 is 6.03 Å². The first-order valence-electron chi connectivity index (χ1n) is 5.57. The van der Waals surface area contributed by atoms with Gasteiger partial charge in [0.05, 0.1) is 0 Å². The first-order chi connectivity index (χ1) is 8.60. The number of amides is 4. The lowest BCUT2D eigenvalue weighted by Gasteiger charge is -2.13. The molecule has 1 aromatic rings. The quantitative estimate of drug-likeness (QED) is 0.602. The zero-order valence-electron chi connectivity index (χ0n) is 9.82. The van der Waals surface area contributed by atoms with Crippen LogP contribution >= 0.6 is 0 Å². The molecule has 5 heteroatoms. The normalized spacial score (nSPS) is 15.2. The highest BCUT2D eigenvalue weighted by molar-refractivity contribution is 6.31. The van der Waals surface area contributed by atoms with E-state index >= 15 is 0 Å². The highest BCUT2D eigenvalue weighted by Crippen LogP contribution is 2.11. The third kappa shape index (κ3) is 2.45. The number of hydrogen-bond acceptors (Lipinski definition) is 3. The van der Waals surface area contributed by atoms with Gasteiger partial charge in [-0.3, -0.25) is 20.2 Å². The van der Waals surface area contributed by atoms with E-state index in [9.17, 15) is 14.4 Å². The molecule has 0 atom stereocenters. The Morgan fingerprint density at radius 1 is 1.00 bits per heavy atom. The number of imide groups is 2. The molecule has 1 heterocycles. The summed E-state index contributed by atoms with van der Waals surface area (Å²) in [4.78, 5) is 33.8. The van der Waals surface area contributed by atoms with Gasteiger partial charge in [-0.2, -0.15) is 0 Å². The molecule has 0 unspecified atom stereocenters. The molecule has 0 aliphatic carbocycles. The van der Waals surface area contributed by atoms with E-state index in [0.717, 1.165) is 12.0 Å². The van der Waals surface area contributed by atoms with Crippen molar-refractivity contribution in [1.82, 2.24) is 10.6 Å². The second-order valence-electron chi connectivity index (χ2n) is 3.89. The maximum absolute atomic E-state index is 11.5. The molecule has 1 saturated heterocycles. The standard InChI is InChI=1S/C13H12N2O3/c1-2-8-3-5-9(6-4-8)7-10-11(16)14-13(18)15-12(10)17/h3-7H,2H2,1H3,(H2,14,15,16,17,18). The third-order valence-corrected chi connectivity index (χ3v) is 2.64. The van der Waals surface area contributed by atoms with E-state index in [-0.39, 0.29) is 5.57 Å². The molecular formula is C13H12N2O3. The van der Waals surface area contributed by atoms with Crippen LogP contribution in [0.3, 0.4) is 0 Å². The van der Waals surface area contributed by atoms with Crippen molar-refractivity contribution in [2.75, 3.05) is 0 Å². The second-order valence-corrected chi connectivity index (χ2v) is 3.89. The minimum Gasteiger partial charge on any atom is -0.273 e. The Bertz CT molecular complexity index is 522. The number of carbonyl (C=O) groups is 3. The first-order valence-corrected chi connectivity index (χ1v) is 5.57. The highest BCUT2D eigenvalue weighted by Gasteiger charge is 2.27. The molecule has 2 rings (SSSR count). The van der Waals surface area contributed by atoms with Crippen molar-refractivity contribution in [1.29, 1.82) is 0 Å². The lowest BCUT2D eigenvalue weighted by atomic mass is 10.1. The van der Waals surface area contributed by atoms with Gasteiger partial charge in [0, 0.05) is 0 Å². The number of nitrogens with one attached hydrogen (secondary N) is 2. The van der Waals surface area contributed by atoms with E-state index in [0.29, 0.717) is 0 Å². The molecule has 92 valence electrons. The van der Waals surface area contributed by atoms with Crippen molar-refractivity contribution in [2.45, 2.75) is 13.3 Å². The topological polar surface area (TPSA) is 75.3 Å². The van der Waals surface area contributed by atoms with Crippen LogP contribution in [0.4, 0.5) is 4.79 Å². The van der Waals surface area contributed by atoms with E-state index in [1.807, 2.05) is 41.8 Å². The number of urea groups is 1. The number of carbonyl (C=O) groups excluding carboxylic acids is 3. The maximum atomic E-state index is 11.5. The Kier molecular flexibility index (Phi) is 3.23. The molecule has 0 saturated carbocycles. The average Bonchev–Trinajstić information content (AvgIpc) is 2.34. The van der Waals surface area contributed by atoms with Gasteiger partial charge in [-0.15, -0.1) is 0 Å². The largest absolute Gasteiger partial charge is 0.328 e. The molecule has 5 nitrogen and oxygen atoms in total. The smallest absolute Gasteiger partial charge is 0.273 e. The summed E-state index contributed by atoms with van der Waals surface area (Å²) in [7, 11) is 0. The van der Waals surface area contributed by atoms with Gasteiger partial charge < -0.3 is 0 Å². The summed E-state index contributed by atoms with van der Waals surface area (Å²) in [5.74, 6) is -1.35. The van der Waals surface area contributed by atoms with Gasteiger partial charge in [0.2, 0.25) is 0 Å². The predicted octanol–water partition coefficient (Wildman–Crippen LogP) is 0.998. The summed E-state index contributed by atoms with van der Waals surface area (Å²) < 4.78 is 0. The molecule has 1 aromatic carbocycles. The lowest BCUT2D eigenvalue weighted by molar-refractivity contribution is -0.123. The molecule has 0 radical (unpaired) electrons. The van der Waals surface area contributed by atoms with Crippen molar-refractivity contribution in [3.05, 3.63) is 41.0 Å². The van der Waals surface area contributed by atoms with Crippen molar-refractivity contribution in [2.24, 2.45) is 0 Å². The van der Waals surface area contributed by atoms with Crippen LogP contribution in [-0.2, 0) is 16.0 Å². The van der Waals surface area contributed by atoms with Crippen LogP contribution in [-0.4, -0.2) is 17.8 Å². The number of barbiturate groups is 1. The number of rotatable bonds is 2. The Balaban J connectivity index is 2.28. The fourth-order valence-corrected chi connectivity index (χ4v) is 1.62. The molecule has 1 aliphatic rings. The molecule has 0 bridgehead atoms. The molecular weight excluding hydrogens is 232 g/mol. The minimum absolute atomic E-state index is 0.0705. The van der Waals surface area contributed by atoms with Crippen molar-refractivity contribution in [3.8, 4) is 0 Å². The van der Waals surface area contributed by atoms with Crippen molar-refractivity contribution < 1.29 is 14.4 Å². The summed E-state index contributed by atoms with van der Waals surface area (Å²) >= 11 is 0. The van der Waals surface area contributed by atoms with Crippen LogP contribution in [0.25, 0.3) is 6.08 Å². The summed E-state index contributed by atoms with van der Waals surface area (Å²) in [5.41, 5.74) is 1.84. The summed E-state index contributed by atoms with van der Waals surface area (Å²) in [6, 6.07) is 6.71. The van der Waals surface area contributed by atoms with Gasteiger partial charge in [-0.25, -0.2) is 4.79 Å². The molecule has 18 heavy (non-hydrogen) atoms. The SMILES string of the molecule is CCc1ccc(C=C2C(=O)NC(=O)NC2=O)cc1. The predicted molar refractivity (Wildman–Crippen MR) is 65.5 cm³/mol. The Morgan fingerprint density at radius 3 is 2.06 bits per heavy atom. The molecule has 0 aromatic heterocycles. The molecule has 0 spiro atoms. The fraction of sp³-hybridized carbons (Fsp3) is 0.154. The zero-order valence-corrected chi connectivity index (χ0v) is 9.82. The van der Waals surface area contributed by atoms with Gasteiger partial charge in [0.15, 0.2) is 0 Å². The van der Waals surface area contributed by atoms with Crippen LogP contribution in [0.15, 0.2) is 29.8 Å². The van der Waals surface area contributed by atoms with E-state index < -0.39 is 17.8 Å². The number of aryl methyl sites for hydroxylation is 1. The summed E-state index contributed by atoms with van der Waals surface area (Å²) in [6.45, 7) is 2.04. The average molecular weight is 244 g/mol. The van der Waals surface area contributed by atoms with Crippen molar-refractivity contribution >= 4 is 23.9 Å². The van der Waals surface area contributed by atoms with Gasteiger partial charge in [-0.1, -0.05) is 31.2 Å². The molecule has 4 amide bonds. The number of hydrogen-bond donors (Lipinski definition) is 2. The Hall–Kier alpha value is -2.43. The molecule has 1 fully saturated rings. The maximum Gasteiger partial charge on any atom is 0.328 e. The van der Waals surface area contributed by atoms with E-state index in [2.05, 4.69) is 0 Å². The Labute approximate surface area is 104 Å². The molecule has 2 N–H and O–H groups in total. The minimum atomic E-state index is -0.788. The monoisotopic (exact) mass is 244 g/mol. The van der Waals surface area contributed by atoms with E-state index in [1.54, 1.807) is 0 Å². The highest BCUT2D eigenvalue weighted by atomic mass is 16.2. The van der Waals surface area contributed by atoms with Gasteiger partial charge in [-0.05, 0) is 23.6 Å². The fourth-order valence-electron chi connectivity index (χ4n) is 1.62. The van der Waals surface area contributed by atoms with Crippen LogP contribution in [0.5, 0.6) is 0 Å². The van der Waals surface area contributed by atoms with Gasteiger partial charge in [0.25, 0.3) is 11.8 Å². The lowest BCUT2D eigenvalue weighted by Crippen LogP contribution is -2.51. The second kappa shape index (κ2) is 4.83. The van der Waals surface area contributed by atoms with E-state index in [1.165, 1.54) is 11.6 Å². The van der Waals surface area contributed by atoms with Gasteiger partial charge in [0.1, 0.15) is 5.57 Å². The van der Waals surface area contributed by atoms with Crippen LogP contribution in [0.2, 0.25) is 0 Å². The first kappa shape index (κ1) is 12.0. The third-order valence-electron chi connectivity index (χ3n) is 2.64. The summed E-state index contributed by atoms with van der Waals surface area (Å²) in [6.07, 6.45) is 2.38. The van der Waals surface area contributed by atoms with E-state index in [4.69, 9.17) is 0 Å². The van der Waals surface area contributed by atoms with Crippen LogP contribution in [0, 0.1) is 0 Å².